The van der Waals surface area contributed by atoms with Crippen molar-refractivity contribution in [2.45, 2.75) is 0 Å². The minimum absolute atomic E-state index is 0.299. The molecule has 0 aliphatic rings. The highest BCUT2D eigenvalue weighted by molar-refractivity contribution is 7.19. The molecule has 0 aromatic carbocycles. The first-order chi connectivity index (χ1) is 5.16. The lowest BCUT2D eigenvalue weighted by atomic mass is 10.5. The van der Waals surface area contributed by atoms with Crippen LogP contribution in [0.1, 0.15) is 4.88 Å². The second-order valence-electron chi connectivity index (χ2n) is 1.61. The van der Waals surface area contributed by atoms with Gasteiger partial charge in [0.2, 0.25) is 0 Å². The zero-order valence-corrected chi connectivity index (χ0v) is 8.10. The third-order valence-electron chi connectivity index (χ3n) is 0.956. The van der Waals surface area contributed by atoms with Gasteiger partial charge in [-0.25, -0.2) is 0 Å². The van der Waals surface area contributed by atoms with E-state index in [1.165, 1.54) is 6.21 Å². The molecule has 2 nitrogen and oxygen atoms in total. The minimum atomic E-state index is 0.299. The maximum atomic E-state index is 8.18. The summed E-state index contributed by atoms with van der Waals surface area (Å²) in [5.74, 6) is 0. The smallest absolute Gasteiger partial charge is 0.114 e. The Morgan fingerprint density at radius 2 is 1.91 bits per heavy atom. The van der Waals surface area contributed by atoms with Gasteiger partial charge < -0.3 is 5.21 Å². The molecule has 0 radical (unpaired) electrons. The summed E-state index contributed by atoms with van der Waals surface area (Å²) >= 11 is 18.1. The third-order valence-corrected chi connectivity index (χ3v) is 3.48. The van der Waals surface area contributed by atoms with Crippen molar-refractivity contribution >= 4 is 52.4 Å². The predicted octanol–water partition coefficient (Wildman–Crippen LogP) is 3.52. The molecular formula is C5H2Cl3NOS. The molecule has 0 saturated heterocycles. The number of hydrogen-bond donors (Lipinski definition) is 1. The van der Waals surface area contributed by atoms with Crippen LogP contribution >= 0.6 is 46.1 Å². The molecule has 1 N–H and O–H groups in total. The van der Waals surface area contributed by atoms with E-state index in [2.05, 4.69) is 5.16 Å². The van der Waals surface area contributed by atoms with Crippen LogP contribution in [0.5, 0.6) is 0 Å². The molecule has 0 amide bonds. The predicted molar refractivity (Wildman–Crippen MR) is 48.7 cm³/mol. The van der Waals surface area contributed by atoms with Gasteiger partial charge in [0.15, 0.2) is 0 Å². The summed E-state index contributed by atoms with van der Waals surface area (Å²) in [5.41, 5.74) is 0. The SMILES string of the molecule is ON=Cc1sc(Cl)c(Cl)c1Cl. The van der Waals surface area contributed by atoms with Gasteiger partial charge in [-0.2, -0.15) is 0 Å². The molecular weight excluding hydrogens is 228 g/mol. The first-order valence-corrected chi connectivity index (χ1v) is 4.42. The van der Waals surface area contributed by atoms with Crippen molar-refractivity contribution in [3.63, 3.8) is 0 Å². The monoisotopic (exact) mass is 229 g/mol. The second-order valence-corrected chi connectivity index (χ2v) is 4.02. The van der Waals surface area contributed by atoms with E-state index in [-0.39, 0.29) is 0 Å². The third kappa shape index (κ3) is 1.79. The van der Waals surface area contributed by atoms with Crippen LogP contribution in [0.2, 0.25) is 14.4 Å². The average Bonchev–Trinajstić information content (AvgIpc) is 2.19. The van der Waals surface area contributed by atoms with Crippen molar-refractivity contribution in [2.75, 3.05) is 0 Å². The fourth-order valence-corrected chi connectivity index (χ4v) is 2.17. The number of rotatable bonds is 1. The Morgan fingerprint density at radius 3 is 2.27 bits per heavy atom. The molecule has 0 bridgehead atoms. The fourth-order valence-electron chi connectivity index (χ4n) is 0.516. The van der Waals surface area contributed by atoms with Crippen LogP contribution in [0.4, 0.5) is 0 Å². The van der Waals surface area contributed by atoms with Crippen molar-refractivity contribution in [1.82, 2.24) is 0 Å². The molecule has 0 atom stereocenters. The van der Waals surface area contributed by atoms with Crippen molar-refractivity contribution in [3.05, 3.63) is 19.3 Å². The number of nitrogens with zero attached hydrogens (tertiary/aromatic N) is 1. The lowest BCUT2D eigenvalue weighted by Crippen LogP contribution is -1.72. The van der Waals surface area contributed by atoms with Gasteiger partial charge in [0.1, 0.15) is 4.34 Å². The minimum Gasteiger partial charge on any atom is -0.411 e. The van der Waals surface area contributed by atoms with Crippen LogP contribution in [-0.2, 0) is 0 Å². The van der Waals surface area contributed by atoms with Gasteiger partial charge in [0, 0.05) is 0 Å². The highest BCUT2D eigenvalue weighted by atomic mass is 35.5. The van der Waals surface area contributed by atoms with Gasteiger partial charge >= 0.3 is 0 Å². The molecule has 1 rings (SSSR count). The molecule has 60 valence electrons. The number of halogens is 3. The molecule has 1 aromatic rings. The normalized spacial score (nSPS) is 11.2. The van der Waals surface area contributed by atoms with Crippen molar-refractivity contribution in [1.29, 1.82) is 0 Å². The lowest BCUT2D eigenvalue weighted by molar-refractivity contribution is 0.322. The fraction of sp³-hybridized carbons (Fsp3) is 0. The van der Waals surface area contributed by atoms with E-state index in [0.29, 0.717) is 19.3 Å². The van der Waals surface area contributed by atoms with E-state index in [4.69, 9.17) is 40.0 Å². The molecule has 0 saturated carbocycles. The molecule has 1 heterocycles. The zero-order valence-electron chi connectivity index (χ0n) is 5.01. The highest BCUT2D eigenvalue weighted by Gasteiger charge is 2.11. The summed E-state index contributed by atoms with van der Waals surface area (Å²) < 4.78 is 0.395. The summed E-state index contributed by atoms with van der Waals surface area (Å²) in [7, 11) is 0. The van der Waals surface area contributed by atoms with Crippen molar-refractivity contribution in [3.8, 4) is 0 Å². The zero-order chi connectivity index (χ0) is 8.43. The van der Waals surface area contributed by atoms with Gasteiger partial charge in [-0.1, -0.05) is 40.0 Å². The molecule has 0 unspecified atom stereocenters. The van der Waals surface area contributed by atoms with Crippen LogP contribution in [0, 0.1) is 0 Å². The van der Waals surface area contributed by atoms with Crippen molar-refractivity contribution in [2.24, 2.45) is 5.16 Å². The van der Waals surface area contributed by atoms with E-state index >= 15 is 0 Å². The van der Waals surface area contributed by atoms with Gasteiger partial charge in [-0.05, 0) is 0 Å². The number of hydrogen-bond acceptors (Lipinski definition) is 3. The first kappa shape index (κ1) is 9.13. The first-order valence-electron chi connectivity index (χ1n) is 2.47. The summed E-state index contributed by atoms with van der Waals surface area (Å²) in [6, 6.07) is 0. The summed E-state index contributed by atoms with van der Waals surface area (Å²) in [4.78, 5) is 0.546. The van der Waals surface area contributed by atoms with E-state index < -0.39 is 0 Å². The largest absolute Gasteiger partial charge is 0.411 e. The van der Waals surface area contributed by atoms with Crippen LogP contribution < -0.4 is 0 Å². The Balaban J connectivity index is 3.18. The Labute approximate surface area is 82.0 Å². The summed E-state index contributed by atoms with van der Waals surface area (Å²) in [5, 5.41) is 11.6. The maximum absolute atomic E-state index is 8.18. The van der Waals surface area contributed by atoms with Gasteiger partial charge in [-0.15, -0.1) is 11.3 Å². The topological polar surface area (TPSA) is 32.6 Å². The van der Waals surface area contributed by atoms with Gasteiger partial charge in [0.05, 0.1) is 21.1 Å². The van der Waals surface area contributed by atoms with Crippen LogP contribution in [-0.4, -0.2) is 11.4 Å². The molecule has 6 heteroatoms. The Bertz CT molecular complexity index is 296. The standard InChI is InChI=1S/C5H2Cl3NOS/c6-3-2(1-9-10)11-5(8)4(3)7/h1,10H. The number of oxime groups is 1. The molecule has 1 aromatic heterocycles. The lowest BCUT2D eigenvalue weighted by Gasteiger charge is -1.83. The average molecular weight is 231 g/mol. The Kier molecular flexibility index (Phi) is 3.01. The Hall–Kier alpha value is 0.0400. The van der Waals surface area contributed by atoms with E-state index in [9.17, 15) is 0 Å². The van der Waals surface area contributed by atoms with Crippen LogP contribution in [0.15, 0.2) is 5.16 Å². The molecule has 0 aliphatic heterocycles. The van der Waals surface area contributed by atoms with E-state index in [1.54, 1.807) is 0 Å². The quantitative estimate of drug-likeness (QED) is 0.447. The summed E-state index contributed by atoms with van der Waals surface area (Å²) in [6.45, 7) is 0. The molecule has 0 aliphatic carbocycles. The van der Waals surface area contributed by atoms with E-state index in [0.717, 1.165) is 11.3 Å². The maximum Gasteiger partial charge on any atom is 0.114 e. The second kappa shape index (κ2) is 3.63. The Morgan fingerprint density at radius 1 is 1.27 bits per heavy atom. The van der Waals surface area contributed by atoms with Crippen molar-refractivity contribution < 1.29 is 5.21 Å². The molecule has 0 fully saturated rings. The summed E-state index contributed by atoms with van der Waals surface area (Å²) in [6.07, 6.45) is 1.19. The molecule has 0 spiro atoms. The molecule has 11 heavy (non-hydrogen) atoms. The van der Waals surface area contributed by atoms with Gasteiger partial charge in [0.25, 0.3) is 0 Å². The van der Waals surface area contributed by atoms with Gasteiger partial charge in [-0.3, -0.25) is 0 Å². The van der Waals surface area contributed by atoms with Crippen LogP contribution in [0.3, 0.4) is 0 Å². The van der Waals surface area contributed by atoms with E-state index in [1.807, 2.05) is 0 Å². The van der Waals surface area contributed by atoms with Crippen LogP contribution in [0.25, 0.3) is 0 Å². The number of thiophene rings is 1. The highest BCUT2D eigenvalue weighted by Crippen LogP contribution is 2.39.